The zero-order valence-corrected chi connectivity index (χ0v) is 64.1. The lowest BCUT2D eigenvalue weighted by atomic mass is 9.88. The number of rotatable bonds is 19. The van der Waals surface area contributed by atoms with Crippen molar-refractivity contribution in [2.75, 3.05) is 75.0 Å². The summed E-state index contributed by atoms with van der Waals surface area (Å²) in [6, 6.07) is -1.60. The van der Waals surface area contributed by atoms with Crippen molar-refractivity contribution in [1.29, 1.82) is 0 Å². The molecule has 13 atom stereocenters. The molecule has 6 N–H and O–H groups in total. The number of likely N-dealkylation sites (N-methyl/N-ethyl adjacent to an activating group) is 6. The maximum absolute atomic E-state index is 15.5. The number of ketones is 1. The monoisotopic (exact) mass is 1390 g/mol. The minimum Gasteiger partial charge on any atom is -0.450 e. The SMILES string of the molecule is CC(C)C[C@@H]1NC(=O)[C@H](CC(C)C)N(C)C(=O)[C@@H](C(C)C)OC(=O)[C@H](C)NC(=O)[C@H](CC(C)C)N(C)C(=O)[C@H](CC(C)C)NC(=O)[C@H](CC(C)C)N(C)CC(=O)CN(C)C(=O)[C@H]([C@@H](C)O)NC(=O)[C@H]([C@H](O)[C@H](C)CCN2CCC(c3ccccc3)CC2)N(C)C(=O)[C@H](C(C)C)N(C)C1=O. The molecule has 2 fully saturated rings. The first-order valence-corrected chi connectivity index (χ1v) is 36.1. The number of nitrogens with zero attached hydrogens (tertiary/aromatic N) is 7. The number of aliphatic hydroxyl groups excluding tert-OH is 2. The van der Waals surface area contributed by atoms with Crippen molar-refractivity contribution in [2.24, 2.45) is 47.3 Å². The van der Waals surface area contributed by atoms with Crippen LogP contribution in [0, 0.1) is 47.3 Å². The number of piperidine rings is 1. The second-order valence-electron chi connectivity index (χ2n) is 31.2. The largest absolute Gasteiger partial charge is 0.450 e. The van der Waals surface area contributed by atoms with Gasteiger partial charge in [0.1, 0.15) is 48.3 Å². The number of Topliss-reactive ketones (excluding diaryl/α,β-unsaturated/α-hetero) is 1. The Balaban J connectivity index is 2.28. The average Bonchev–Trinajstić information content (AvgIpc) is 0.806. The topological polar surface area (TPSA) is 308 Å². The normalized spacial score (nSPS) is 26.6. The van der Waals surface area contributed by atoms with Crippen LogP contribution in [0.15, 0.2) is 30.3 Å². The van der Waals surface area contributed by atoms with E-state index < -0.39 is 162 Å². The number of ether oxygens (including phenoxy) is 1. The molecule has 25 nitrogen and oxygen atoms in total. The number of aliphatic hydroxyl groups is 2. The summed E-state index contributed by atoms with van der Waals surface area (Å²) in [4.78, 5) is 172. The Morgan fingerprint density at radius 3 is 1.39 bits per heavy atom. The maximum Gasteiger partial charge on any atom is 0.329 e. The molecular formula is C74H127N11O14. The Bertz CT molecular complexity index is 2830. The molecule has 99 heavy (non-hydrogen) atoms. The van der Waals surface area contributed by atoms with E-state index in [0.29, 0.717) is 18.9 Å². The van der Waals surface area contributed by atoms with E-state index in [1.807, 2.05) is 87.4 Å². The van der Waals surface area contributed by atoms with Gasteiger partial charge in [-0.1, -0.05) is 134 Å². The first kappa shape index (κ1) is 86.7. The van der Waals surface area contributed by atoms with Crippen LogP contribution in [0.1, 0.15) is 181 Å². The summed E-state index contributed by atoms with van der Waals surface area (Å²) in [6.07, 6.45) is -1.70. The summed E-state index contributed by atoms with van der Waals surface area (Å²) < 4.78 is 5.94. The van der Waals surface area contributed by atoms with E-state index in [9.17, 15) is 48.6 Å². The molecule has 1 aromatic carbocycles. The predicted octanol–water partition coefficient (Wildman–Crippen LogP) is 4.70. The number of benzene rings is 1. The van der Waals surface area contributed by atoms with Crippen molar-refractivity contribution in [1.82, 2.24) is 55.6 Å². The lowest BCUT2D eigenvalue weighted by Gasteiger charge is -2.40. The summed E-state index contributed by atoms with van der Waals surface area (Å²) in [5.41, 5.74) is 1.27. The molecule has 2 heterocycles. The summed E-state index contributed by atoms with van der Waals surface area (Å²) in [7, 11) is 8.48. The van der Waals surface area contributed by atoms with Crippen LogP contribution in [-0.2, 0) is 57.5 Å². The van der Waals surface area contributed by atoms with Crippen LogP contribution < -0.4 is 21.3 Å². The minimum absolute atomic E-state index is 0.0814. The summed E-state index contributed by atoms with van der Waals surface area (Å²) in [5, 5.41) is 35.1. The van der Waals surface area contributed by atoms with E-state index in [2.05, 4.69) is 38.3 Å². The predicted molar refractivity (Wildman–Crippen MR) is 382 cm³/mol. The minimum atomic E-state index is -1.73. The lowest BCUT2D eigenvalue weighted by molar-refractivity contribution is -0.166. The first-order chi connectivity index (χ1) is 46.0. The van der Waals surface area contributed by atoms with Crippen molar-refractivity contribution in [3.8, 4) is 0 Å². The van der Waals surface area contributed by atoms with Gasteiger partial charge in [0, 0.05) is 35.2 Å². The van der Waals surface area contributed by atoms with E-state index in [0.717, 1.165) is 35.7 Å². The summed E-state index contributed by atoms with van der Waals surface area (Å²) >= 11 is 0. The molecule has 0 saturated carbocycles. The number of likely N-dealkylation sites (tertiary alicyclic amines) is 1. The van der Waals surface area contributed by atoms with Crippen molar-refractivity contribution in [2.45, 2.75) is 248 Å². The summed E-state index contributed by atoms with van der Waals surface area (Å²) in [6.45, 7) is 31.1. The van der Waals surface area contributed by atoms with Gasteiger partial charge < -0.3 is 65.6 Å². The third-order valence-electron chi connectivity index (χ3n) is 19.2. The average molecular weight is 1390 g/mol. The molecule has 0 spiro atoms. The van der Waals surface area contributed by atoms with E-state index in [-0.39, 0.29) is 68.2 Å². The molecule has 3 rings (SSSR count). The number of carbonyl (C=O) groups excluding carboxylic acids is 11. The van der Waals surface area contributed by atoms with E-state index in [4.69, 9.17) is 4.74 Å². The summed E-state index contributed by atoms with van der Waals surface area (Å²) in [5.74, 6) is -10.5. The van der Waals surface area contributed by atoms with Crippen LogP contribution in [-0.4, -0.2) is 257 Å². The molecule has 9 amide bonds. The van der Waals surface area contributed by atoms with Gasteiger partial charge in [-0.3, -0.25) is 52.8 Å². The van der Waals surface area contributed by atoms with Crippen LogP contribution >= 0.6 is 0 Å². The van der Waals surface area contributed by atoms with E-state index >= 15 is 14.4 Å². The molecule has 2 saturated heterocycles. The Morgan fingerprint density at radius 1 is 0.485 bits per heavy atom. The fraction of sp³-hybridized carbons (Fsp3) is 0.770. The highest BCUT2D eigenvalue weighted by atomic mass is 16.6. The number of cyclic esters (lactones) is 1. The second kappa shape index (κ2) is 40.2. The smallest absolute Gasteiger partial charge is 0.329 e. The molecule has 0 unspecified atom stereocenters. The Morgan fingerprint density at radius 2 is 0.929 bits per heavy atom. The maximum atomic E-state index is 15.5. The van der Waals surface area contributed by atoms with Gasteiger partial charge in [0.2, 0.25) is 47.3 Å². The molecule has 2 aliphatic rings. The fourth-order valence-electron chi connectivity index (χ4n) is 13.4. The highest BCUT2D eigenvalue weighted by Crippen LogP contribution is 2.30. The third kappa shape index (κ3) is 25.8. The quantitative estimate of drug-likeness (QED) is 0.102. The molecular weight excluding hydrogens is 1270 g/mol. The van der Waals surface area contributed by atoms with Crippen molar-refractivity contribution in [3.63, 3.8) is 0 Å². The fourth-order valence-corrected chi connectivity index (χ4v) is 13.4. The molecule has 1 aromatic rings. The molecule has 0 radical (unpaired) electrons. The molecule has 0 aliphatic carbocycles. The Kier molecular flexibility index (Phi) is 35.2. The van der Waals surface area contributed by atoms with E-state index in [1.165, 1.54) is 74.2 Å². The van der Waals surface area contributed by atoms with Gasteiger partial charge in [0.05, 0.1) is 31.3 Å². The van der Waals surface area contributed by atoms with Crippen LogP contribution in [0.2, 0.25) is 0 Å². The lowest BCUT2D eigenvalue weighted by Crippen LogP contribution is -2.64. The molecule has 25 heteroatoms. The van der Waals surface area contributed by atoms with Crippen molar-refractivity contribution >= 4 is 64.9 Å². The molecule has 562 valence electrons. The zero-order valence-electron chi connectivity index (χ0n) is 64.1. The highest BCUT2D eigenvalue weighted by molar-refractivity contribution is 5.99. The molecule has 2 aliphatic heterocycles. The van der Waals surface area contributed by atoms with Gasteiger partial charge in [-0.2, -0.15) is 0 Å². The van der Waals surface area contributed by atoms with Gasteiger partial charge >= 0.3 is 5.97 Å². The number of amides is 9. The standard InChI is InChI=1S/C74H127N11O14/c1-42(2)35-55-69(93)81(20)58(38-45(7)8)66(90)75-50(16)74(98)99-64(48(13)14)73(97)82(21)59(39-46(9)10)67(91)77-56(36-43(3)4)70(94)83(22)61(47(11)12)72(96)84(23)62(63(88)49(15)29-32-85-33-30-53(31-34-85)52-27-25-24-26-28-52)68(92)78-60(51(17)86)71(95)80(19)41-54(87)40-79(18)57(37-44(5)6)65(89)76-55/h24-28,42-51,53,55-64,86,88H,29-41H2,1-23H3,(H,75,90)(H,76,89)(H,77,91)(H,78,92)/t49-,50+,51-,55+,56+,57+,58+,59+,60+,61+,62+,63-,64-/m1/s1. The van der Waals surface area contributed by atoms with Crippen LogP contribution in [0.3, 0.4) is 0 Å². The molecule has 0 aromatic heterocycles. The van der Waals surface area contributed by atoms with Gasteiger partial charge in [0.25, 0.3) is 5.91 Å². The number of esters is 1. The number of hydrogen-bond donors (Lipinski definition) is 6. The van der Waals surface area contributed by atoms with Gasteiger partial charge in [-0.05, 0) is 151 Å². The number of carbonyl (C=O) groups is 11. The zero-order chi connectivity index (χ0) is 75.4. The van der Waals surface area contributed by atoms with Crippen molar-refractivity contribution in [3.05, 3.63) is 35.9 Å². The van der Waals surface area contributed by atoms with Crippen LogP contribution in [0.25, 0.3) is 0 Å². The van der Waals surface area contributed by atoms with Gasteiger partial charge in [-0.25, -0.2) is 4.79 Å². The number of hydrogen-bond acceptors (Lipinski definition) is 16. The van der Waals surface area contributed by atoms with Crippen LogP contribution in [0.5, 0.6) is 0 Å². The third-order valence-corrected chi connectivity index (χ3v) is 19.2. The van der Waals surface area contributed by atoms with E-state index in [1.54, 1.807) is 41.7 Å². The highest BCUT2D eigenvalue weighted by Gasteiger charge is 2.46. The van der Waals surface area contributed by atoms with Crippen molar-refractivity contribution < 1.29 is 67.7 Å². The molecule has 0 bridgehead atoms. The van der Waals surface area contributed by atoms with Gasteiger partial charge in [-0.15, -0.1) is 0 Å². The Hall–Kier alpha value is -6.57. The second-order valence-corrected chi connectivity index (χ2v) is 31.2. The first-order valence-electron chi connectivity index (χ1n) is 36.1. The number of nitrogens with one attached hydrogen (secondary N) is 4. The van der Waals surface area contributed by atoms with Gasteiger partial charge in [0.15, 0.2) is 11.9 Å². The van der Waals surface area contributed by atoms with Crippen LogP contribution in [0.4, 0.5) is 0 Å². The Labute approximate surface area is 591 Å².